The molecule has 0 spiro atoms. The summed E-state index contributed by atoms with van der Waals surface area (Å²) in [5.41, 5.74) is 11.9. The summed E-state index contributed by atoms with van der Waals surface area (Å²) in [7, 11) is 0. The van der Waals surface area contributed by atoms with Crippen molar-refractivity contribution in [3.8, 4) is 11.3 Å². The van der Waals surface area contributed by atoms with Crippen LogP contribution in [0.2, 0.25) is 0 Å². The first-order valence-electron chi connectivity index (χ1n) is 9.09. The number of nitrogens with two attached hydrogens (primary N) is 2. The predicted molar refractivity (Wildman–Crippen MR) is 103 cm³/mol. The highest BCUT2D eigenvalue weighted by Crippen LogP contribution is 2.45. The first-order chi connectivity index (χ1) is 13.8. The molecular weight excluding hydrogens is 383 g/mol. The van der Waals surface area contributed by atoms with Crippen molar-refractivity contribution in [2.75, 3.05) is 0 Å². The van der Waals surface area contributed by atoms with Crippen molar-refractivity contribution < 1.29 is 22.8 Å². The van der Waals surface area contributed by atoms with Crippen LogP contribution in [0.5, 0.6) is 0 Å². The van der Waals surface area contributed by atoms with E-state index in [9.17, 15) is 22.8 Å². The van der Waals surface area contributed by atoms with Crippen LogP contribution >= 0.6 is 0 Å². The van der Waals surface area contributed by atoms with E-state index in [1.807, 2.05) is 0 Å². The SMILES string of the molecule is Fc1ccc(-c2[nH]c3c(F)cc(F)cc3c2C2CCC2)cc1.NC(=O)CC(N)=O. The fourth-order valence-electron chi connectivity index (χ4n) is 3.38. The molecule has 152 valence electrons. The summed E-state index contributed by atoms with van der Waals surface area (Å²) in [5, 5.41) is 0.599. The highest BCUT2D eigenvalue weighted by molar-refractivity contribution is 5.95. The maximum atomic E-state index is 14.1. The lowest BCUT2D eigenvalue weighted by molar-refractivity contribution is -0.125. The second-order valence-corrected chi connectivity index (χ2v) is 6.97. The monoisotopic (exact) mass is 403 g/mol. The van der Waals surface area contributed by atoms with E-state index in [2.05, 4.69) is 16.5 Å². The zero-order valence-corrected chi connectivity index (χ0v) is 15.5. The third-order valence-electron chi connectivity index (χ3n) is 4.86. The van der Waals surface area contributed by atoms with E-state index in [0.717, 1.165) is 42.1 Å². The molecule has 0 saturated heterocycles. The van der Waals surface area contributed by atoms with Crippen LogP contribution in [-0.2, 0) is 9.59 Å². The molecule has 8 heteroatoms. The second-order valence-electron chi connectivity index (χ2n) is 6.97. The summed E-state index contributed by atoms with van der Waals surface area (Å²) in [5.74, 6) is -2.56. The Morgan fingerprint density at radius 3 is 2.07 bits per heavy atom. The number of rotatable bonds is 4. The lowest BCUT2D eigenvalue weighted by Gasteiger charge is -2.26. The molecule has 1 aliphatic rings. The predicted octanol–water partition coefficient (Wildman–Crippen LogP) is 3.87. The molecule has 3 aromatic rings. The molecule has 0 unspecified atom stereocenters. The first-order valence-corrected chi connectivity index (χ1v) is 9.09. The van der Waals surface area contributed by atoms with Gasteiger partial charge < -0.3 is 16.5 Å². The minimum Gasteiger partial charge on any atom is -0.369 e. The lowest BCUT2D eigenvalue weighted by Crippen LogP contribution is -2.21. The molecular formula is C21H20F3N3O2. The van der Waals surface area contributed by atoms with E-state index in [1.54, 1.807) is 12.1 Å². The van der Waals surface area contributed by atoms with Crippen LogP contribution in [0.25, 0.3) is 22.2 Å². The van der Waals surface area contributed by atoms with Crippen LogP contribution < -0.4 is 11.5 Å². The smallest absolute Gasteiger partial charge is 0.226 e. The largest absolute Gasteiger partial charge is 0.369 e. The standard InChI is InChI=1S/C18H14F3N.C3H6N2O2/c19-12-6-4-11(5-7-12)17-16(10-2-1-3-10)14-8-13(20)9-15(21)18(14)22-17;4-2(6)1-3(5)7/h4-10,22H,1-3H2;1H2,(H2,4,6)(H2,5,7). The quantitative estimate of drug-likeness (QED) is 0.576. The average Bonchev–Trinajstić information content (AvgIpc) is 2.93. The number of fused-ring (bicyclic) bond motifs is 1. The number of carbonyl (C=O) groups is 2. The van der Waals surface area contributed by atoms with Gasteiger partial charge in [0.2, 0.25) is 11.8 Å². The molecule has 2 amide bonds. The zero-order chi connectivity index (χ0) is 21.1. The van der Waals surface area contributed by atoms with Gasteiger partial charge in [0.25, 0.3) is 0 Å². The van der Waals surface area contributed by atoms with Crippen molar-refractivity contribution in [1.82, 2.24) is 4.98 Å². The maximum Gasteiger partial charge on any atom is 0.226 e. The Kier molecular flexibility index (Phi) is 5.91. The van der Waals surface area contributed by atoms with E-state index < -0.39 is 23.4 Å². The van der Waals surface area contributed by atoms with Gasteiger partial charge in [-0.3, -0.25) is 9.59 Å². The van der Waals surface area contributed by atoms with Gasteiger partial charge >= 0.3 is 0 Å². The number of carbonyl (C=O) groups excluding carboxylic acids is 2. The molecule has 1 saturated carbocycles. The van der Waals surface area contributed by atoms with Crippen LogP contribution in [0, 0.1) is 17.5 Å². The summed E-state index contributed by atoms with van der Waals surface area (Å²) < 4.78 is 40.8. The summed E-state index contributed by atoms with van der Waals surface area (Å²) in [6.07, 6.45) is 2.79. The topological polar surface area (TPSA) is 102 Å². The lowest BCUT2D eigenvalue weighted by atomic mass is 9.78. The number of halogens is 3. The summed E-state index contributed by atoms with van der Waals surface area (Å²) >= 11 is 0. The summed E-state index contributed by atoms with van der Waals surface area (Å²) in [6, 6.07) is 8.35. The number of hydrogen-bond donors (Lipinski definition) is 3. The van der Waals surface area contributed by atoms with Crippen molar-refractivity contribution in [2.45, 2.75) is 31.6 Å². The number of nitrogens with one attached hydrogen (secondary N) is 1. The highest BCUT2D eigenvalue weighted by Gasteiger charge is 2.27. The van der Waals surface area contributed by atoms with Gasteiger partial charge in [-0.25, -0.2) is 13.2 Å². The number of amides is 2. The Morgan fingerprint density at radius 1 is 0.966 bits per heavy atom. The van der Waals surface area contributed by atoms with E-state index in [1.165, 1.54) is 18.2 Å². The number of benzene rings is 2. The highest BCUT2D eigenvalue weighted by atomic mass is 19.1. The van der Waals surface area contributed by atoms with Gasteiger partial charge in [-0.2, -0.15) is 0 Å². The third-order valence-corrected chi connectivity index (χ3v) is 4.86. The van der Waals surface area contributed by atoms with Gasteiger partial charge in [0.1, 0.15) is 23.9 Å². The van der Waals surface area contributed by atoms with E-state index >= 15 is 0 Å². The van der Waals surface area contributed by atoms with E-state index in [0.29, 0.717) is 16.8 Å². The molecule has 0 bridgehead atoms. The first kappa shape index (κ1) is 20.4. The molecule has 0 radical (unpaired) electrons. The molecule has 5 N–H and O–H groups in total. The Balaban J connectivity index is 0.000000298. The average molecular weight is 403 g/mol. The molecule has 1 heterocycles. The van der Waals surface area contributed by atoms with Gasteiger partial charge in [0.15, 0.2) is 0 Å². The third kappa shape index (κ3) is 4.59. The number of hydrogen-bond acceptors (Lipinski definition) is 2. The van der Waals surface area contributed by atoms with Gasteiger partial charge in [-0.05, 0) is 60.2 Å². The minimum absolute atomic E-state index is 0.301. The van der Waals surface area contributed by atoms with Crippen LogP contribution in [0.3, 0.4) is 0 Å². The molecule has 29 heavy (non-hydrogen) atoms. The van der Waals surface area contributed by atoms with Gasteiger partial charge in [0.05, 0.1) is 11.2 Å². The summed E-state index contributed by atoms with van der Waals surface area (Å²) in [4.78, 5) is 22.5. The molecule has 5 nitrogen and oxygen atoms in total. The normalized spacial score (nSPS) is 13.5. The molecule has 0 aliphatic heterocycles. The van der Waals surface area contributed by atoms with Crippen molar-refractivity contribution in [2.24, 2.45) is 11.5 Å². The Hall–Kier alpha value is -3.29. The van der Waals surface area contributed by atoms with Gasteiger partial charge in [-0.15, -0.1) is 0 Å². The summed E-state index contributed by atoms with van der Waals surface area (Å²) in [6.45, 7) is 0. The second kappa shape index (κ2) is 8.38. The van der Waals surface area contributed by atoms with Crippen molar-refractivity contribution >= 4 is 22.7 Å². The van der Waals surface area contributed by atoms with Gasteiger partial charge in [-0.1, -0.05) is 6.42 Å². The van der Waals surface area contributed by atoms with Gasteiger partial charge in [0, 0.05) is 11.5 Å². The van der Waals surface area contributed by atoms with E-state index in [-0.39, 0.29) is 12.2 Å². The Morgan fingerprint density at radius 2 is 1.59 bits per heavy atom. The number of primary amides is 2. The van der Waals surface area contributed by atoms with Crippen LogP contribution in [-0.4, -0.2) is 16.8 Å². The maximum absolute atomic E-state index is 14.1. The fraction of sp³-hybridized carbons (Fsp3) is 0.238. The van der Waals surface area contributed by atoms with Crippen LogP contribution in [0.1, 0.15) is 37.2 Å². The molecule has 2 aromatic carbocycles. The zero-order valence-electron chi connectivity index (χ0n) is 15.5. The number of H-pyrrole nitrogens is 1. The van der Waals surface area contributed by atoms with Crippen LogP contribution in [0.4, 0.5) is 13.2 Å². The molecule has 1 aromatic heterocycles. The Bertz CT molecular complexity index is 1050. The molecule has 0 atom stereocenters. The van der Waals surface area contributed by atoms with Crippen molar-refractivity contribution in [3.05, 3.63) is 59.4 Å². The number of aromatic amines is 1. The Labute approximate surface area is 164 Å². The molecule has 1 aliphatic carbocycles. The molecule has 4 rings (SSSR count). The fourth-order valence-corrected chi connectivity index (χ4v) is 3.38. The number of aromatic nitrogens is 1. The van der Waals surface area contributed by atoms with Crippen LogP contribution in [0.15, 0.2) is 36.4 Å². The minimum atomic E-state index is -0.687. The van der Waals surface area contributed by atoms with Crippen molar-refractivity contribution in [1.29, 1.82) is 0 Å². The van der Waals surface area contributed by atoms with E-state index in [4.69, 9.17) is 0 Å². The molecule has 1 fully saturated rings. The van der Waals surface area contributed by atoms with Crippen molar-refractivity contribution in [3.63, 3.8) is 0 Å².